The third-order valence-corrected chi connectivity index (χ3v) is 14.4. The quantitative estimate of drug-likeness (QED) is 0.129. The van der Waals surface area contributed by atoms with E-state index in [1.165, 1.54) is 44.2 Å². The van der Waals surface area contributed by atoms with E-state index in [2.05, 4.69) is 302 Å². The third-order valence-electron chi connectivity index (χ3n) is 14.4. The highest BCUT2D eigenvalue weighted by molar-refractivity contribution is 6.09. The van der Waals surface area contributed by atoms with E-state index in [0.717, 1.165) is 83.9 Å². The van der Waals surface area contributed by atoms with Gasteiger partial charge < -0.3 is 14.2 Å². The zero-order valence-electron chi connectivity index (χ0n) is 40.9. The molecule has 0 amide bonds. The predicted octanol–water partition coefficient (Wildman–Crippen LogP) is 20.3. The summed E-state index contributed by atoms with van der Waals surface area (Å²) < 4.78 is 6.56. The molecule has 3 heteroatoms. The van der Waals surface area contributed by atoms with Crippen molar-refractivity contribution in [2.45, 2.75) is 6.92 Å². The number of rotatable bonds is 11. The first kappa shape index (κ1) is 44.3. The second-order valence-electron chi connectivity index (χ2n) is 18.9. The molecule has 1 heterocycles. The van der Waals surface area contributed by atoms with Gasteiger partial charge in [0.05, 0.1) is 5.69 Å². The topological polar surface area (TPSA) is 19.6 Å². The Morgan fingerprint density at radius 3 is 1.18 bits per heavy atom. The molecule has 3 nitrogen and oxygen atoms in total. The van der Waals surface area contributed by atoms with Crippen molar-refractivity contribution in [3.05, 3.63) is 291 Å². The molecule has 0 saturated carbocycles. The summed E-state index contributed by atoms with van der Waals surface area (Å²) in [7, 11) is 0. The molecule has 0 saturated heterocycles. The second kappa shape index (κ2) is 19.1. The smallest absolute Gasteiger partial charge is 0.137 e. The van der Waals surface area contributed by atoms with Gasteiger partial charge in [-0.15, -0.1) is 0 Å². The molecule has 0 spiro atoms. The monoisotopic (exact) mass is 946 g/mol. The van der Waals surface area contributed by atoms with E-state index in [-0.39, 0.29) is 0 Å². The van der Waals surface area contributed by atoms with Gasteiger partial charge in [-0.3, -0.25) is 0 Å². The zero-order valence-corrected chi connectivity index (χ0v) is 40.9. The molecule has 13 rings (SSSR count). The number of furan rings is 1. The molecule has 13 aromatic rings. The zero-order chi connectivity index (χ0) is 49.4. The van der Waals surface area contributed by atoms with Crippen LogP contribution in [0, 0.1) is 6.92 Å². The van der Waals surface area contributed by atoms with Crippen molar-refractivity contribution >= 4 is 66.8 Å². The first-order valence-electron chi connectivity index (χ1n) is 25.3. The van der Waals surface area contributed by atoms with Crippen LogP contribution in [0.3, 0.4) is 0 Å². The van der Waals surface area contributed by atoms with Crippen LogP contribution < -0.4 is 9.80 Å². The Morgan fingerprint density at radius 2 is 0.676 bits per heavy atom. The van der Waals surface area contributed by atoms with Crippen molar-refractivity contribution in [2.75, 3.05) is 9.80 Å². The summed E-state index contributed by atoms with van der Waals surface area (Å²) in [5, 5.41) is 4.69. The normalized spacial score (nSPS) is 11.3. The lowest BCUT2D eigenvalue weighted by Crippen LogP contribution is -2.11. The van der Waals surface area contributed by atoms with Crippen molar-refractivity contribution in [3.63, 3.8) is 0 Å². The highest BCUT2D eigenvalue weighted by Gasteiger charge is 2.22. The van der Waals surface area contributed by atoms with E-state index in [1.807, 2.05) is 0 Å². The largest absolute Gasteiger partial charge is 0.456 e. The fraction of sp³-hybridized carbons (Fsp3) is 0.0141. The lowest BCUT2D eigenvalue weighted by molar-refractivity contribution is 0.669. The molecule has 0 aliphatic rings. The van der Waals surface area contributed by atoms with E-state index >= 15 is 0 Å². The number of aryl methyl sites for hydroxylation is 1. The first-order chi connectivity index (χ1) is 36.6. The number of hydrogen-bond acceptors (Lipinski definition) is 3. The molecular weight excluding hydrogens is 897 g/mol. The minimum atomic E-state index is 0.866. The van der Waals surface area contributed by atoms with Gasteiger partial charge in [-0.2, -0.15) is 0 Å². The molecule has 0 unspecified atom stereocenters. The predicted molar refractivity (Wildman–Crippen MR) is 313 cm³/mol. The van der Waals surface area contributed by atoms with Crippen LogP contribution in [0.4, 0.5) is 34.1 Å². The van der Waals surface area contributed by atoms with Crippen LogP contribution >= 0.6 is 0 Å². The van der Waals surface area contributed by atoms with Crippen molar-refractivity contribution in [1.82, 2.24) is 0 Å². The average Bonchev–Trinajstić information content (AvgIpc) is 3.87. The van der Waals surface area contributed by atoms with Crippen molar-refractivity contribution < 1.29 is 4.42 Å². The summed E-state index contributed by atoms with van der Waals surface area (Å²) in [6, 6.07) is 103. The van der Waals surface area contributed by atoms with Gasteiger partial charge in [0.15, 0.2) is 0 Å². The molecule has 0 fully saturated rings. The Hall–Kier alpha value is -9.70. The van der Waals surface area contributed by atoms with E-state index in [0.29, 0.717) is 0 Å². The standard InChI is InChI=1S/C71H50N2O/c1-49-14-13-23-68-70(49)66-46-45-64(48-69(66)74-68)73(67-47-36-58-19-11-12-22-65(58)71(67)59-20-9-4-10-21-59)63-43-34-57(35-44-63)53-26-24-52(25-27-53)56-32-41-62(42-33-56)72(60-37-28-54(29-38-60)50-15-5-2-6-16-50)61-39-30-55(31-40-61)51-17-7-3-8-18-51/h2-48H,1H3. The minimum Gasteiger partial charge on any atom is -0.456 e. The van der Waals surface area contributed by atoms with E-state index in [9.17, 15) is 0 Å². The Balaban J connectivity index is 0.822. The molecule has 74 heavy (non-hydrogen) atoms. The van der Waals surface area contributed by atoms with Gasteiger partial charge in [-0.1, -0.05) is 206 Å². The summed E-state index contributed by atoms with van der Waals surface area (Å²) in [6.07, 6.45) is 0. The first-order valence-corrected chi connectivity index (χ1v) is 25.3. The lowest BCUT2D eigenvalue weighted by atomic mass is 9.95. The summed E-state index contributed by atoms with van der Waals surface area (Å²) >= 11 is 0. The van der Waals surface area contributed by atoms with Gasteiger partial charge in [0.1, 0.15) is 11.2 Å². The maximum Gasteiger partial charge on any atom is 0.137 e. The molecular formula is C71H50N2O. The Labute approximate surface area is 432 Å². The van der Waals surface area contributed by atoms with E-state index < -0.39 is 0 Å². The molecule has 350 valence electrons. The summed E-state index contributed by atoms with van der Waals surface area (Å²) in [4.78, 5) is 4.72. The summed E-state index contributed by atoms with van der Waals surface area (Å²) in [5.74, 6) is 0. The van der Waals surface area contributed by atoms with Crippen LogP contribution in [0.1, 0.15) is 5.56 Å². The van der Waals surface area contributed by atoms with Crippen LogP contribution in [0.25, 0.3) is 88.3 Å². The molecule has 0 radical (unpaired) electrons. The molecule has 0 aliphatic carbocycles. The third kappa shape index (κ3) is 8.36. The summed E-state index contributed by atoms with van der Waals surface area (Å²) in [5.41, 5.74) is 21.2. The lowest BCUT2D eigenvalue weighted by Gasteiger charge is -2.29. The van der Waals surface area contributed by atoms with Crippen LogP contribution in [0.5, 0.6) is 0 Å². The highest BCUT2D eigenvalue weighted by Crippen LogP contribution is 2.46. The van der Waals surface area contributed by atoms with Crippen molar-refractivity contribution in [3.8, 4) is 55.6 Å². The number of fused-ring (bicyclic) bond motifs is 4. The van der Waals surface area contributed by atoms with E-state index in [1.54, 1.807) is 0 Å². The second-order valence-corrected chi connectivity index (χ2v) is 18.9. The minimum absolute atomic E-state index is 0.866. The van der Waals surface area contributed by atoms with Crippen molar-refractivity contribution in [1.29, 1.82) is 0 Å². The van der Waals surface area contributed by atoms with E-state index in [4.69, 9.17) is 4.42 Å². The average molecular weight is 947 g/mol. The number of hydrogen-bond donors (Lipinski definition) is 0. The SMILES string of the molecule is Cc1cccc2oc3cc(N(c4ccc(-c5ccc(-c6ccc(N(c7ccc(-c8ccccc8)cc7)c7ccc(-c8ccccc8)cc7)cc6)cc5)cc4)c4ccc5ccccc5c4-c4ccccc4)ccc3c12. The number of anilines is 6. The van der Waals surface area contributed by atoms with Crippen LogP contribution in [-0.2, 0) is 0 Å². The molecule has 0 aliphatic heterocycles. The van der Waals surface area contributed by atoms with Crippen LogP contribution in [-0.4, -0.2) is 0 Å². The maximum absolute atomic E-state index is 6.56. The van der Waals surface area contributed by atoms with Gasteiger partial charge in [0, 0.05) is 50.8 Å². The van der Waals surface area contributed by atoms with Crippen LogP contribution in [0.15, 0.2) is 290 Å². The molecule has 0 bridgehead atoms. The van der Waals surface area contributed by atoms with Gasteiger partial charge in [0.2, 0.25) is 0 Å². The van der Waals surface area contributed by atoms with Gasteiger partial charge in [-0.05, 0) is 146 Å². The van der Waals surface area contributed by atoms with Crippen molar-refractivity contribution in [2.24, 2.45) is 0 Å². The van der Waals surface area contributed by atoms with Gasteiger partial charge in [0.25, 0.3) is 0 Å². The Morgan fingerprint density at radius 1 is 0.270 bits per heavy atom. The number of nitrogens with zero attached hydrogens (tertiary/aromatic N) is 2. The molecule has 0 N–H and O–H groups in total. The highest BCUT2D eigenvalue weighted by atomic mass is 16.3. The Bertz CT molecular complexity index is 3990. The fourth-order valence-corrected chi connectivity index (χ4v) is 10.7. The maximum atomic E-state index is 6.56. The van der Waals surface area contributed by atoms with Gasteiger partial charge >= 0.3 is 0 Å². The van der Waals surface area contributed by atoms with Crippen LogP contribution in [0.2, 0.25) is 0 Å². The molecule has 1 aromatic heterocycles. The fourth-order valence-electron chi connectivity index (χ4n) is 10.7. The molecule has 0 atom stereocenters. The van der Waals surface area contributed by atoms with Gasteiger partial charge in [-0.25, -0.2) is 0 Å². The summed E-state index contributed by atoms with van der Waals surface area (Å²) in [6.45, 7) is 2.15. The number of benzene rings is 12. The molecule has 12 aromatic carbocycles. The Kier molecular flexibility index (Phi) is 11.4.